The Kier molecular flexibility index (Phi) is 4.72. The van der Waals surface area contributed by atoms with Crippen molar-refractivity contribution in [3.8, 4) is 6.07 Å². The van der Waals surface area contributed by atoms with Crippen molar-refractivity contribution in [3.05, 3.63) is 34.9 Å². The predicted octanol–water partition coefficient (Wildman–Crippen LogP) is 0.215. The molecule has 0 bridgehead atoms. The molecule has 1 aromatic carbocycles. The van der Waals surface area contributed by atoms with E-state index in [1.807, 2.05) is 0 Å². The first kappa shape index (κ1) is 14.5. The van der Waals surface area contributed by atoms with Gasteiger partial charge in [0.2, 0.25) is 10.0 Å². The minimum absolute atomic E-state index is 0.0162. The molecule has 0 saturated carbocycles. The fraction of sp³-hybridized carbons (Fsp3) is 0.300. The number of nitrogens with two attached hydrogens (primary N) is 1. The van der Waals surface area contributed by atoms with Crippen LogP contribution in [0.5, 0.6) is 0 Å². The zero-order chi connectivity index (χ0) is 13.8. The smallest absolute Gasteiger partial charge is 0.210 e. The number of hydrogen-bond donors (Lipinski definition) is 2. The first-order valence-corrected chi connectivity index (χ1v) is 6.64. The highest BCUT2D eigenvalue weighted by atomic mass is 32.2. The van der Waals surface area contributed by atoms with Crippen molar-refractivity contribution >= 4 is 10.0 Å². The second kappa shape index (κ2) is 5.86. The van der Waals surface area contributed by atoms with Crippen LogP contribution in [0.15, 0.2) is 12.1 Å². The van der Waals surface area contributed by atoms with Gasteiger partial charge in [-0.25, -0.2) is 22.3 Å². The molecule has 0 fully saturated rings. The van der Waals surface area contributed by atoms with Crippen LogP contribution in [0, 0.1) is 23.0 Å². The van der Waals surface area contributed by atoms with Gasteiger partial charge in [0, 0.05) is 18.7 Å². The predicted molar refractivity (Wildman–Crippen MR) is 60.8 cm³/mol. The van der Waals surface area contributed by atoms with Gasteiger partial charge >= 0.3 is 0 Å². The highest BCUT2D eigenvalue weighted by Gasteiger charge is 2.11. The summed E-state index contributed by atoms with van der Waals surface area (Å²) in [7, 11) is -3.60. The lowest BCUT2D eigenvalue weighted by molar-refractivity contribution is 0.538. The van der Waals surface area contributed by atoms with Gasteiger partial charge in [-0.05, 0) is 12.1 Å². The van der Waals surface area contributed by atoms with Gasteiger partial charge in [0.25, 0.3) is 0 Å². The molecular formula is C10H11F2N3O2S. The van der Waals surface area contributed by atoms with Crippen LogP contribution in [-0.2, 0) is 16.6 Å². The van der Waals surface area contributed by atoms with Gasteiger partial charge in [0.15, 0.2) is 0 Å². The number of rotatable bonds is 5. The Labute approximate surface area is 103 Å². The van der Waals surface area contributed by atoms with Gasteiger partial charge in [-0.15, -0.1) is 0 Å². The zero-order valence-electron chi connectivity index (χ0n) is 9.28. The molecule has 3 N–H and O–H groups in total. The van der Waals surface area contributed by atoms with E-state index in [-0.39, 0.29) is 30.0 Å². The molecular weight excluding hydrogens is 264 g/mol. The van der Waals surface area contributed by atoms with E-state index in [0.717, 1.165) is 12.1 Å². The zero-order valence-corrected chi connectivity index (χ0v) is 10.1. The molecule has 0 aliphatic rings. The first-order chi connectivity index (χ1) is 8.33. The number of nitrogens with one attached hydrogen (secondary N) is 1. The lowest BCUT2D eigenvalue weighted by Crippen LogP contribution is -2.27. The van der Waals surface area contributed by atoms with Crippen LogP contribution < -0.4 is 10.5 Å². The van der Waals surface area contributed by atoms with Crippen LogP contribution in [0.1, 0.15) is 11.1 Å². The minimum Gasteiger partial charge on any atom is -0.311 e. The lowest BCUT2D eigenvalue weighted by atomic mass is 10.1. The summed E-state index contributed by atoms with van der Waals surface area (Å²) in [4.78, 5) is 0. The van der Waals surface area contributed by atoms with Gasteiger partial charge in [0.1, 0.15) is 11.6 Å². The van der Waals surface area contributed by atoms with Gasteiger partial charge in [0.05, 0.1) is 17.4 Å². The fourth-order valence-electron chi connectivity index (χ4n) is 1.26. The fourth-order valence-corrected chi connectivity index (χ4v) is 1.69. The first-order valence-electron chi connectivity index (χ1n) is 4.92. The maximum absolute atomic E-state index is 13.4. The summed E-state index contributed by atoms with van der Waals surface area (Å²) < 4.78 is 48.0. The molecule has 0 spiro atoms. The molecule has 0 heterocycles. The molecule has 1 aromatic rings. The van der Waals surface area contributed by atoms with E-state index in [1.165, 1.54) is 0 Å². The van der Waals surface area contributed by atoms with Crippen molar-refractivity contribution in [2.75, 3.05) is 12.3 Å². The molecule has 0 aliphatic heterocycles. The monoisotopic (exact) mass is 275 g/mol. The molecule has 0 radical (unpaired) electrons. The normalized spacial score (nSPS) is 11.2. The second-order valence-corrected chi connectivity index (χ2v) is 5.31. The van der Waals surface area contributed by atoms with Gasteiger partial charge < -0.3 is 5.32 Å². The molecule has 0 unspecified atom stereocenters. The molecule has 8 heteroatoms. The standard InChI is InChI=1S/C10H11F2N3O2S/c11-9-3-7(5-13)4-10(12)8(9)6-15-1-2-18(14,16)17/h3-4,15H,1-2,6H2,(H2,14,16,17). The maximum atomic E-state index is 13.4. The Morgan fingerprint density at radius 2 is 1.89 bits per heavy atom. The van der Waals surface area contributed by atoms with E-state index < -0.39 is 21.7 Å². The Hall–Kier alpha value is -1.56. The van der Waals surface area contributed by atoms with E-state index in [4.69, 9.17) is 10.4 Å². The van der Waals surface area contributed by atoms with Crippen molar-refractivity contribution in [1.82, 2.24) is 5.32 Å². The second-order valence-electron chi connectivity index (χ2n) is 3.57. The summed E-state index contributed by atoms with van der Waals surface area (Å²) in [6.45, 7) is -0.198. The quantitative estimate of drug-likeness (QED) is 0.751. The Bertz CT molecular complexity index is 558. The van der Waals surface area contributed by atoms with E-state index in [1.54, 1.807) is 6.07 Å². The average molecular weight is 275 g/mol. The third kappa shape index (κ3) is 4.37. The average Bonchev–Trinajstić information content (AvgIpc) is 2.25. The van der Waals surface area contributed by atoms with Crippen molar-refractivity contribution in [1.29, 1.82) is 5.26 Å². The van der Waals surface area contributed by atoms with E-state index in [9.17, 15) is 17.2 Å². The molecule has 0 aromatic heterocycles. The number of nitriles is 1. The molecule has 0 atom stereocenters. The summed E-state index contributed by atoms with van der Waals surface area (Å²) in [5.41, 5.74) is -0.360. The minimum atomic E-state index is -3.60. The summed E-state index contributed by atoms with van der Waals surface area (Å²) in [6, 6.07) is 3.46. The Morgan fingerprint density at radius 3 is 2.33 bits per heavy atom. The highest BCUT2D eigenvalue weighted by molar-refractivity contribution is 7.89. The summed E-state index contributed by atoms with van der Waals surface area (Å²) >= 11 is 0. The van der Waals surface area contributed by atoms with E-state index in [2.05, 4.69) is 5.32 Å². The number of nitrogens with zero attached hydrogens (tertiary/aromatic N) is 1. The molecule has 1 rings (SSSR count). The molecule has 0 amide bonds. The summed E-state index contributed by atoms with van der Waals surface area (Å²) in [6.07, 6.45) is 0. The largest absolute Gasteiger partial charge is 0.311 e. The van der Waals surface area contributed by atoms with Crippen LogP contribution in [0.25, 0.3) is 0 Å². The van der Waals surface area contributed by atoms with Crippen LogP contribution in [0.2, 0.25) is 0 Å². The van der Waals surface area contributed by atoms with Crippen LogP contribution in [0.3, 0.4) is 0 Å². The molecule has 0 saturated heterocycles. The maximum Gasteiger partial charge on any atom is 0.210 e. The lowest BCUT2D eigenvalue weighted by Gasteiger charge is -2.07. The highest BCUT2D eigenvalue weighted by Crippen LogP contribution is 2.14. The third-order valence-electron chi connectivity index (χ3n) is 2.14. The third-order valence-corrected chi connectivity index (χ3v) is 2.91. The molecule has 98 valence electrons. The van der Waals surface area contributed by atoms with Crippen molar-refractivity contribution in [2.45, 2.75) is 6.54 Å². The van der Waals surface area contributed by atoms with Gasteiger partial charge in [-0.3, -0.25) is 0 Å². The Morgan fingerprint density at radius 1 is 1.33 bits per heavy atom. The van der Waals surface area contributed by atoms with Crippen LogP contribution >= 0.6 is 0 Å². The summed E-state index contributed by atoms with van der Waals surface area (Å²) in [5, 5.41) is 15.8. The number of hydrogen-bond acceptors (Lipinski definition) is 4. The van der Waals surface area contributed by atoms with Crippen molar-refractivity contribution < 1.29 is 17.2 Å². The number of halogens is 2. The van der Waals surface area contributed by atoms with Crippen LogP contribution in [0.4, 0.5) is 8.78 Å². The SMILES string of the molecule is N#Cc1cc(F)c(CNCCS(N)(=O)=O)c(F)c1. The van der Waals surface area contributed by atoms with Crippen molar-refractivity contribution in [3.63, 3.8) is 0 Å². The van der Waals surface area contributed by atoms with E-state index >= 15 is 0 Å². The number of benzene rings is 1. The Balaban J connectivity index is 2.66. The number of sulfonamides is 1. The molecule has 18 heavy (non-hydrogen) atoms. The van der Waals surface area contributed by atoms with E-state index in [0.29, 0.717) is 0 Å². The van der Waals surface area contributed by atoms with Crippen LogP contribution in [-0.4, -0.2) is 20.7 Å². The van der Waals surface area contributed by atoms with Gasteiger partial charge in [-0.1, -0.05) is 0 Å². The van der Waals surface area contributed by atoms with Gasteiger partial charge in [-0.2, -0.15) is 5.26 Å². The van der Waals surface area contributed by atoms with Crippen molar-refractivity contribution in [2.24, 2.45) is 5.14 Å². The number of primary sulfonamides is 1. The molecule has 0 aliphatic carbocycles. The molecule has 5 nitrogen and oxygen atoms in total. The summed E-state index contributed by atoms with van der Waals surface area (Å²) in [5.74, 6) is -2.03. The topological polar surface area (TPSA) is 96.0 Å².